The maximum absolute atomic E-state index is 13.1. The van der Waals surface area contributed by atoms with Gasteiger partial charge >= 0.3 is 6.03 Å². The normalized spacial score (nSPS) is 19.4. The van der Waals surface area contributed by atoms with Gasteiger partial charge in [-0.1, -0.05) is 6.08 Å². The van der Waals surface area contributed by atoms with E-state index in [0.717, 1.165) is 11.3 Å². The molecule has 0 saturated carbocycles. The molecule has 1 atom stereocenters. The van der Waals surface area contributed by atoms with Crippen molar-refractivity contribution in [1.29, 1.82) is 0 Å². The molecule has 0 aliphatic carbocycles. The first kappa shape index (κ1) is 18.8. The van der Waals surface area contributed by atoms with Crippen LogP contribution in [0.15, 0.2) is 42.1 Å². The van der Waals surface area contributed by atoms with Crippen molar-refractivity contribution in [2.45, 2.75) is 25.9 Å². The van der Waals surface area contributed by atoms with Gasteiger partial charge in [-0.2, -0.15) is 0 Å². The average molecular weight is 371 g/mol. The highest BCUT2D eigenvalue weighted by Gasteiger charge is 2.44. The molecule has 1 unspecified atom stereocenters. The third kappa shape index (κ3) is 3.25. The highest BCUT2D eigenvalue weighted by atomic mass is 16.5. The molecule has 0 aromatic heterocycles. The molecule has 1 aromatic rings. The lowest BCUT2D eigenvalue weighted by Crippen LogP contribution is -2.47. The molecule has 0 fully saturated rings. The molecule has 2 aliphatic heterocycles. The van der Waals surface area contributed by atoms with Gasteiger partial charge in [0, 0.05) is 18.7 Å². The number of hydrogen-bond acceptors (Lipinski definition) is 4. The number of benzene rings is 1. The van der Waals surface area contributed by atoms with Gasteiger partial charge in [0.05, 0.1) is 38.1 Å². The van der Waals surface area contributed by atoms with Crippen LogP contribution in [0.5, 0.6) is 11.5 Å². The fraction of sp³-hybridized carbons (Fsp3) is 0.400. The number of rotatable bonds is 6. The largest absolute Gasteiger partial charge is 0.497 e. The summed E-state index contributed by atoms with van der Waals surface area (Å²) in [6.07, 6.45) is 1.65. The smallest absolute Gasteiger partial charge is 0.322 e. The Morgan fingerprint density at radius 3 is 2.37 bits per heavy atom. The summed E-state index contributed by atoms with van der Waals surface area (Å²) in [6, 6.07) is 4.60. The number of ether oxygens (including phenoxy) is 2. The second-order valence-electron chi connectivity index (χ2n) is 6.81. The third-order valence-electron chi connectivity index (χ3n) is 4.89. The van der Waals surface area contributed by atoms with Gasteiger partial charge in [0.15, 0.2) is 0 Å². The zero-order chi connectivity index (χ0) is 19.7. The Labute approximate surface area is 159 Å². The van der Waals surface area contributed by atoms with Crippen LogP contribution in [-0.2, 0) is 4.79 Å². The molecule has 27 heavy (non-hydrogen) atoms. The predicted molar refractivity (Wildman–Crippen MR) is 102 cm³/mol. The van der Waals surface area contributed by atoms with Gasteiger partial charge in [-0.15, -0.1) is 6.58 Å². The molecule has 0 bridgehead atoms. The van der Waals surface area contributed by atoms with Gasteiger partial charge in [-0.05, 0) is 31.5 Å². The van der Waals surface area contributed by atoms with Crippen molar-refractivity contribution in [3.05, 3.63) is 47.7 Å². The van der Waals surface area contributed by atoms with Gasteiger partial charge in [0.1, 0.15) is 11.5 Å². The predicted octanol–water partition coefficient (Wildman–Crippen LogP) is 2.46. The second-order valence-corrected chi connectivity index (χ2v) is 6.81. The Balaban J connectivity index is 2.12. The van der Waals surface area contributed by atoms with Gasteiger partial charge in [-0.3, -0.25) is 9.69 Å². The van der Waals surface area contributed by atoms with Gasteiger partial charge in [0.25, 0.3) is 5.91 Å². The lowest BCUT2D eigenvalue weighted by atomic mass is 9.95. The van der Waals surface area contributed by atoms with Crippen LogP contribution >= 0.6 is 0 Å². The monoisotopic (exact) mass is 371 g/mol. The van der Waals surface area contributed by atoms with Crippen molar-refractivity contribution in [3.8, 4) is 11.5 Å². The average Bonchev–Trinajstić information content (AvgIpc) is 3.01. The SMILES string of the molecule is C=CCN1C(=O)NC(c2cc(OC)cc(OC)c2)C2=C1CN(C(C)C)C2=O. The summed E-state index contributed by atoms with van der Waals surface area (Å²) in [4.78, 5) is 29.2. The van der Waals surface area contributed by atoms with Crippen LogP contribution in [0.1, 0.15) is 25.5 Å². The molecule has 3 amide bonds. The molecule has 0 radical (unpaired) electrons. The van der Waals surface area contributed by atoms with Crippen LogP contribution in [0.3, 0.4) is 0 Å². The van der Waals surface area contributed by atoms with Gasteiger partial charge < -0.3 is 19.7 Å². The van der Waals surface area contributed by atoms with Gasteiger partial charge in [0.2, 0.25) is 0 Å². The Morgan fingerprint density at radius 1 is 1.22 bits per heavy atom. The van der Waals surface area contributed by atoms with Crippen molar-refractivity contribution in [1.82, 2.24) is 15.1 Å². The summed E-state index contributed by atoms with van der Waals surface area (Å²) < 4.78 is 10.7. The fourth-order valence-electron chi connectivity index (χ4n) is 3.50. The Kier molecular flexibility index (Phi) is 5.12. The maximum atomic E-state index is 13.1. The molecule has 7 nitrogen and oxygen atoms in total. The number of methoxy groups -OCH3 is 2. The molecule has 0 saturated heterocycles. The highest BCUT2D eigenvalue weighted by Crippen LogP contribution is 2.39. The van der Waals surface area contributed by atoms with E-state index in [-0.39, 0.29) is 18.0 Å². The molecule has 3 rings (SSSR count). The second kappa shape index (κ2) is 7.34. The first-order valence-electron chi connectivity index (χ1n) is 8.87. The maximum Gasteiger partial charge on any atom is 0.322 e. The molecule has 2 aliphatic rings. The van der Waals surface area contributed by atoms with E-state index in [9.17, 15) is 9.59 Å². The van der Waals surface area contributed by atoms with E-state index >= 15 is 0 Å². The van der Waals surface area contributed by atoms with Crippen molar-refractivity contribution >= 4 is 11.9 Å². The minimum atomic E-state index is -0.561. The Bertz CT molecular complexity index is 793. The topological polar surface area (TPSA) is 71.1 Å². The molecular formula is C20H25N3O4. The number of hydrogen-bond donors (Lipinski definition) is 1. The fourth-order valence-corrected chi connectivity index (χ4v) is 3.50. The lowest BCUT2D eigenvalue weighted by molar-refractivity contribution is -0.127. The van der Waals surface area contributed by atoms with E-state index in [0.29, 0.717) is 30.2 Å². The lowest BCUT2D eigenvalue weighted by Gasteiger charge is -2.33. The quantitative estimate of drug-likeness (QED) is 0.780. The summed E-state index contributed by atoms with van der Waals surface area (Å²) in [5.74, 6) is 1.13. The zero-order valence-corrected chi connectivity index (χ0v) is 16.1. The zero-order valence-electron chi connectivity index (χ0n) is 16.1. The molecule has 7 heteroatoms. The third-order valence-corrected chi connectivity index (χ3v) is 4.89. The van der Waals surface area contributed by atoms with Crippen LogP contribution in [0, 0.1) is 0 Å². The summed E-state index contributed by atoms with van der Waals surface area (Å²) >= 11 is 0. The highest BCUT2D eigenvalue weighted by molar-refractivity contribution is 6.01. The van der Waals surface area contributed by atoms with Crippen LogP contribution in [0.2, 0.25) is 0 Å². The number of nitrogens with one attached hydrogen (secondary N) is 1. The van der Waals surface area contributed by atoms with Crippen LogP contribution in [0.4, 0.5) is 4.79 Å². The first-order chi connectivity index (χ1) is 12.9. The molecule has 0 spiro atoms. The summed E-state index contributed by atoms with van der Waals surface area (Å²) in [6.45, 7) is 8.41. The Hall–Kier alpha value is -2.96. The molecule has 1 aromatic carbocycles. The number of carbonyl (C=O) groups is 2. The number of nitrogens with zero attached hydrogens (tertiary/aromatic N) is 2. The number of amides is 3. The minimum Gasteiger partial charge on any atom is -0.497 e. The first-order valence-corrected chi connectivity index (χ1v) is 8.87. The van der Waals surface area contributed by atoms with E-state index in [1.165, 1.54) is 0 Å². The molecule has 1 N–H and O–H groups in total. The van der Waals surface area contributed by atoms with Crippen molar-refractivity contribution in [2.24, 2.45) is 0 Å². The van der Waals surface area contributed by atoms with Gasteiger partial charge in [-0.25, -0.2) is 4.79 Å². The Morgan fingerprint density at radius 2 is 1.85 bits per heavy atom. The van der Waals surface area contributed by atoms with E-state index in [1.54, 1.807) is 36.2 Å². The molecular weight excluding hydrogens is 346 g/mol. The van der Waals surface area contributed by atoms with Crippen LogP contribution in [0.25, 0.3) is 0 Å². The standard InChI is InChI=1S/C20H25N3O4/c1-6-7-22-16-11-23(12(2)3)19(24)17(16)18(21-20(22)25)13-8-14(26-4)10-15(9-13)27-5/h6,8-10,12,18H,1,7,11H2,2-5H3,(H,21,25). The van der Waals surface area contributed by atoms with Crippen LogP contribution < -0.4 is 14.8 Å². The van der Waals surface area contributed by atoms with E-state index in [2.05, 4.69) is 11.9 Å². The summed E-state index contributed by atoms with van der Waals surface area (Å²) in [5.41, 5.74) is 2.05. The number of urea groups is 1. The number of carbonyl (C=O) groups excluding carboxylic acids is 2. The van der Waals surface area contributed by atoms with E-state index < -0.39 is 6.04 Å². The summed E-state index contributed by atoms with van der Waals surface area (Å²) in [5, 5.41) is 2.95. The minimum absolute atomic E-state index is 0.0317. The van der Waals surface area contributed by atoms with E-state index in [1.807, 2.05) is 26.0 Å². The van der Waals surface area contributed by atoms with Crippen molar-refractivity contribution < 1.29 is 19.1 Å². The van der Waals surface area contributed by atoms with E-state index in [4.69, 9.17) is 9.47 Å². The van der Waals surface area contributed by atoms with Crippen molar-refractivity contribution in [2.75, 3.05) is 27.3 Å². The van der Waals surface area contributed by atoms with Crippen LogP contribution in [-0.4, -0.2) is 55.1 Å². The molecule has 2 heterocycles. The van der Waals surface area contributed by atoms with Crippen molar-refractivity contribution in [3.63, 3.8) is 0 Å². The summed E-state index contributed by atoms with van der Waals surface area (Å²) in [7, 11) is 3.13. The molecule has 144 valence electrons.